The fourth-order valence-corrected chi connectivity index (χ4v) is 3.13. The van der Waals surface area contributed by atoms with Crippen molar-refractivity contribution in [1.82, 2.24) is 4.90 Å². The third-order valence-corrected chi connectivity index (χ3v) is 4.61. The average Bonchev–Trinajstić information content (AvgIpc) is 2.69. The Bertz CT molecular complexity index is 808. The number of nitrogens with zero attached hydrogens (tertiary/aromatic N) is 2. The molecule has 0 atom stereocenters. The number of hydrogen-bond donors (Lipinski definition) is 1. The van der Waals surface area contributed by atoms with Crippen molar-refractivity contribution < 1.29 is 9.72 Å². The van der Waals surface area contributed by atoms with Crippen LogP contribution in [0.25, 0.3) is 6.08 Å². The van der Waals surface area contributed by atoms with Crippen LogP contribution in [0.2, 0.25) is 0 Å². The Labute approximate surface area is 158 Å². The van der Waals surface area contributed by atoms with Gasteiger partial charge in [0.25, 0.3) is 5.69 Å². The number of anilines is 1. The highest BCUT2D eigenvalue weighted by Gasteiger charge is 2.10. The van der Waals surface area contributed by atoms with Gasteiger partial charge in [-0.1, -0.05) is 18.6 Å². The van der Waals surface area contributed by atoms with Crippen molar-refractivity contribution in [2.45, 2.75) is 25.8 Å². The zero-order valence-corrected chi connectivity index (χ0v) is 15.1. The minimum absolute atomic E-state index is 0.0289. The Balaban J connectivity index is 1.51. The molecule has 2 aromatic carbocycles. The topological polar surface area (TPSA) is 75.5 Å². The number of carbonyl (C=O) groups is 1. The van der Waals surface area contributed by atoms with Crippen molar-refractivity contribution >= 4 is 23.4 Å². The number of likely N-dealkylation sites (tertiary alicyclic amines) is 1. The summed E-state index contributed by atoms with van der Waals surface area (Å²) in [6, 6.07) is 14.0. The number of nitrogens with one attached hydrogen (secondary N) is 1. The molecule has 6 nitrogen and oxygen atoms in total. The second kappa shape index (κ2) is 9.09. The molecule has 0 saturated carbocycles. The number of amides is 1. The van der Waals surface area contributed by atoms with Crippen LogP contribution in [0.3, 0.4) is 0 Å². The van der Waals surface area contributed by atoms with Crippen LogP contribution in [-0.2, 0) is 11.3 Å². The average molecular weight is 365 g/mol. The smallest absolute Gasteiger partial charge is 0.269 e. The van der Waals surface area contributed by atoms with Gasteiger partial charge < -0.3 is 5.32 Å². The highest BCUT2D eigenvalue weighted by molar-refractivity contribution is 6.01. The molecule has 0 aromatic heterocycles. The molecule has 1 fully saturated rings. The molecule has 1 aliphatic rings. The first-order valence-corrected chi connectivity index (χ1v) is 9.15. The molecule has 1 saturated heterocycles. The number of nitro groups is 1. The van der Waals surface area contributed by atoms with Crippen molar-refractivity contribution in [1.29, 1.82) is 0 Å². The molecule has 1 N–H and O–H groups in total. The summed E-state index contributed by atoms with van der Waals surface area (Å²) in [5, 5.41) is 13.5. The lowest BCUT2D eigenvalue weighted by Crippen LogP contribution is -2.29. The first-order chi connectivity index (χ1) is 13.1. The summed E-state index contributed by atoms with van der Waals surface area (Å²) in [7, 11) is 0. The third kappa shape index (κ3) is 5.76. The number of benzene rings is 2. The summed E-state index contributed by atoms with van der Waals surface area (Å²) in [6.45, 7) is 3.27. The molecule has 2 aromatic rings. The lowest BCUT2D eigenvalue weighted by atomic mass is 10.1. The molecule has 1 aliphatic heterocycles. The van der Waals surface area contributed by atoms with Crippen molar-refractivity contribution in [3.05, 3.63) is 75.8 Å². The highest BCUT2D eigenvalue weighted by atomic mass is 16.6. The summed E-state index contributed by atoms with van der Waals surface area (Å²) in [4.78, 5) is 24.7. The predicted molar refractivity (Wildman–Crippen MR) is 106 cm³/mol. The van der Waals surface area contributed by atoms with Gasteiger partial charge in [0.1, 0.15) is 0 Å². The zero-order chi connectivity index (χ0) is 19.1. The maximum absolute atomic E-state index is 12.0. The quantitative estimate of drug-likeness (QED) is 0.472. The molecule has 27 heavy (non-hydrogen) atoms. The molecule has 6 heteroatoms. The van der Waals surface area contributed by atoms with E-state index in [4.69, 9.17) is 0 Å². The molecular weight excluding hydrogens is 342 g/mol. The summed E-state index contributed by atoms with van der Waals surface area (Å²) >= 11 is 0. The molecule has 0 bridgehead atoms. The summed E-state index contributed by atoms with van der Waals surface area (Å²) in [5.74, 6) is -0.239. The van der Waals surface area contributed by atoms with E-state index >= 15 is 0 Å². The van der Waals surface area contributed by atoms with Crippen LogP contribution in [0.15, 0.2) is 54.6 Å². The van der Waals surface area contributed by atoms with Crippen LogP contribution < -0.4 is 5.32 Å². The highest BCUT2D eigenvalue weighted by Crippen LogP contribution is 2.16. The van der Waals surface area contributed by atoms with Gasteiger partial charge >= 0.3 is 0 Å². The van der Waals surface area contributed by atoms with Crippen molar-refractivity contribution in [2.24, 2.45) is 0 Å². The summed E-state index contributed by atoms with van der Waals surface area (Å²) < 4.78 is 0. The molecule has 0 spiro atoms. The SMILES string of the molecule is O=C(/C=C/c1ccc([N+](=O)[O-])cc1)Nc1ccc(CN2CCCCC2)cc1. The largest absolute Gasteiger partial charge is 0.323 e. The van der Waals surface area contributed by atoms with Crippen molar-refractivity contribution in [2.75, 3.05) is 18.4 Å². The normalized spacial score (nSPS) is 15.0. The molecule has 3 rings (SSSR count). The van der Waals surface area contributed by atoms with E-state index in [2.05, 4.69) is 10.2 Å². The van der Waals surface area contributed by atoms with Crippen LogP contribution in [0.5, 0.6) is 0 Å². The molecule has 0 unspecified atom stereocenters. The summed E-state index contributed by atoms with van der Waals surface area (Å²) in [6.07, 6.45) is 6.92. The van der Waals surface area contributed by atoms with Gasteiger partial charge in [-0.15, -0.1) is 0 Å². The van der Waals surface area contributed by atoms with Crippen LogP contribution in [0.4, 0.5) is 11.4 Å². The maximum atomic E-state index is 12.0. The number of hydrogen-bond acceptors (Lipinski definition) is 4. The van der Waals surface area contributed by atoms with E-state index in [1.807, 2.05) is 24.3 Å². The Hall–Kier alpha value is -2.99. The van der Waals surface area contributed by atoms with Gasteiger partial charge in [0.15, 0.2) is 0 Å². The fraction of sp³-hybridized carbons (Fsp3) is 0.286. The van der Waals surface area contributed by atoms with Crippen LogP contribution in [0, 0.1) is 10.1 Å². The van der Waals surface area contributed by atoms with Crippen LogP contribution in [-0.4, -0.2) is 28.8 Å². The number of carbonyl (C=O) groups excluding carboxylic acids is 1. The van der Waals surface area contributed by atoms with Crippen LogP contribution >= 0.6 is 0 Å². The standard InChI is InChI=1S/C21H23N3O3/c25-21(13-8-17-6-11-20(12-7-17)24(26)27)22-19-9-4-18(5-10-19)16-23-14-2-1-3-15-23/h4-13H,1-3,14-16H2,(H,22,25)/b13-8+. The van der Waals surface area contributed by atoms with E-state index in [1.165, 1.54) is 43.0 Å². The Morgan fingerprint density at radius 2 is 1.70 bits per heavy atom. The molecule has 0 radical (unpaired) electrons. The van der Waals surface area contributed by atoms with E-state index < -0.39 is 4.92 Å². The Morgan fingerprint density at radius 1 is 1.04 bits per heavy atom. The minimum atomic E-state index is -0.449. The number of nitro benzene ring substituents is 1. The molecular formula is C21H23N3O3. The fourth-order valence-electron chi connectivity index (χ4n) is 3.13. The van der Waals surface area contributed by atoms with Crippen molar-refractivity contribution in [3.63, 3.8) is 0 Å². The maximum Gasteiger partial charge on any atom is 0.269 e. The zero-order valence-electron chi connectivity index (χ0n) is 15.1. The van der Waals surface area contributed by atoms with Gasteiger partial charge in [0.05, 0.1) is 4.92 Å². The van der Waals surface area contributed by atoms with Gasteiger partial charge in [-0.25, -0.2) is 0 Å². The lowest BCUT2D eigenvalue weighted by Gasteiger charge is -2.26. The number of rotatable bonds is 6. The van der Waals surface area contributed by atoms with Crippen molar-refractivity contribution in [3.8, 4) is 0 Å². The van der Waals surface area contributed by atoms with Crippen LogP contribution in [0.1, 0.15) is 30.4 Å². The van der Waals surface area contributed by atoms with Gasteiger partial charge in [-0.3, -0.25) is 19.8 Å². The number of non-ortho nitro benzene ring substituents is 1. The molecule has 140 valence electrons. The Kier molecular flexibility index (Phi) is 6.33. The van der Waals surface area contributed by atoms with E-state index in [9.17, 15) is 14.9 Å². The molecule has 1 amide bonds. The minimum Gasteiger partial charge on any atom is -0.323 e. The second-order valence-electron chi connectivity index (χ2n) is 6.70. The van der Waals surface area contributed by atoms with Gasteiger partial charge in [0.2, 0.25) is 5.91 Å². The summed E-state index contributed by atoms with van der Waals surface area (Å²) in [5.41, 5.74) is 2.75. The van der Waals surface area contributed by atoms with E-state index in [0.29, 0.717) is 0 Å². The van der Waals surface area contributed by atoms with Gasteiger partial charge in [-0.05, 0) is 67.4 Å². The first kappa shape index (κ1) is 18.8. The van der Waals surface area contributed by atoms with E-state index in [1.54, 1.807) is 18.2 Å². The van der Waals surface area contributed by atoms with Gasteiger partial charge in [0, 0.05) is 30.4 Å². The lowest BCUT2D eigenvalue weighted by molar-refractivity contribution is -0.384. The van der Waals surface area contributed by atoms with Gasteiger partial charge in [-0.2, -0.15) is 0 Å². The monoisotopic (exact) mass is 365 g/mol. The third-order valence-electron chi connectivity index (χ3n) is 4.61. The predicted octanol–water partition coefficient (Wildman–Crippen LogP) is 4.23. The first-order valence-electron chi connectivity index (χ1n) is 9.15. The van der Waals surface area contributed by atoms with E-state index in [-0.39, 0.29) is 11.6 Å². The second-order valence-corrected chi connectivity index (χ2v) is 6.70. The molecule has 0 aliphatic carbocycles. The number of piperidine rings is 1. The van der Waals surface area contributed by atoms with E-state index in [0.717, 1.165) is 30.9 Å². The molecule has 1 heterocycles. The Morgan fingerprint density at radius 3 is 2.33 bits per heavy atom.